The Morgan fingerprint density at radius 3 is 2.79 bits per heavy atom. The van der Waals surface area contributed by atoms with Gasteiger partial charge in [-0.2, -0.15) is 0 Å². The van der Waals surface area contributed by atoms with Crippen LogP contribution >= 0.6 is 11.8 Å². The zero-order chi connectivity index (χ0) is 13.1. The second-order valence-corrected chi connectivity index (χ2v) is 7.78. The summed E-state index contributed by atoms with van der Waals surface area (Å²) < 4.78 is 0. The third-order valence-electron chi connectivity index (χ3n) is 5.41. The molecule has 2 nitrogen and oxygen atoms in total. The molecular formula is C16H28N2S. The third-order valence-corrected chi connectivity index (χ3v) is 6.53. The van der Waals surface area contributed by atoms with Crippen LogP contribution in [0.5, 0.6) is 0 Å². The first-order valence-corrected chi connectivity index (χ1v) is 9.25. The first-order chi connectivity index (χ1) is 9.33. The SMILES string of the molecule is CC1CCCCC1CN=C1NC2CCCCC2CS1. The van der Waals surface area contributed by atoms with Crippen molar-refractivity contribution in [2.45, 2.75) is 64.3 Å². The lowest BCUT2D eigenvalue weighted by Gasteiger charge is -2.37. The van der Waals surface area contributed by atoms with E-state index in [0.717, 1.165) is 30.3 Å². The number of aliphatic imine (C=N–C) groups is 1. The van der Waals surface area contributed by atoms with Crippen molar-refractivity contribution in [1.29, 1.82) is 0 Å². The second-order valence-electron chi connectivity index (χ2n) is 6.77. The molecule has 108 valence electrons. The Balaban J connectivity index is 1.52. The van der Waals surface area contributed by atoms with E-state index in [2.05, 4.69) is 12.2 Å². The van der Waals surface area contributed by atoms with Gasteiger partial charge in [0.1, 0.15) is 0 Å². The molecule has 1 N–H and O–H groups in total. The lowest BCUT2D eigenvalue weighted by atomic mass is 9.80. The first kappa shape index (κ1) is 13.8. The number of thioether (sulfide) groups is 1. The molecule has 1 aliphatic heterocycles. The smallest absolute Gasteiger partial charge is 0.156 e. The van der Waals surface area contributed by atoms with Crippen LogP contribution in [-0.4, -0.2) is 23.5 Å². The van der Waals surface area contributed by atoms with E-state index < -0.39 is 0 Å². The van der Waals surface area contributed by atoms with Crippen LogP contribution in [0.3, 0.4) is 0 Å². The van der Waals surface area contributed by atoms with Gasteiger partial charge in [-0.1, -0.05) is 50.8 Å². The van der Waals surface area contributed by atoms with Gasteiger partial charge in [0, 0.05) is 18.3 Å². The maximum absolute atomic E-state index is 4.92. The van der Waals surface area contributed by atoms with Crippen LogP contribution < -0.4 is 5.32 Å². The van der Waals surface area contributed by atoms with Gasteiger partial charge in [-0.3, -0.25) is 4.99 Å². The van der Waals surface area contributed by atoms with Crippen molar-refractivity contribution in [2.24, 2.45) is 22.7 Å². The molecular weight excluding hydrogens is 252 g/mol. The summed E-state index contributed by atoms with van der Waals surface area (Å²) in [5.74, 6) is 3.93. The Hall–Kier alpha value is -0.180. The standard InChI is InChI=1S/C16H28N2S/c1-12-6-2-3-7-13(12)10-17-16-18-15-9-5-4-8-14(15)11-19-16/h12-15H,2-11H2,1H3,(H,17,18). The van der Waals surface area contributed by atoms with Crippen LogP contribution in [0.4, 0.5) is 0 Å². The van der Waals surface area contributed by atoms with Gasteiger partial charge in [0.15, 0.2) is 5.17 Å². The highest BCUT2D eigenvalue weighted by molar-refractivity contribution is 8.13. The zero-order valence-corrected chi connectivity index (χ0v) is 13.1. The number of hydrogen-bond acceptors (Lipinski definition) is 2. The second kappa shape index (κ2) is 6.51. The first-order valence-electron chi connectivity index (χ1n) is 8.26. The van der Waals surface area contributed by atoms with Gasteiger partial charge < -0.3 is 5.32 Å². The Bertz CT molecular complexity index is 329. The summed E-state index contributed by atoms with van der Waals surface area (Å²) in [5.41, 5.74) is 0. The summed E-state index contributed by atoms with van der Waals surface area (Å²) in [6.45, 7) is 3.48. The highest BCUT2D eigenvalue weighted by atomic mass is 32.2. The maximum atomic E-state index is 4.92. The molecule has 0 amide bonds. The van der Waals surface area contributed by atoms with E-state index in [1.807, 2.05) is 11.8 Å². The average molecular weight is 280 g/mol. The Labute approximate surface area is 122 Å². The third kappa shape index (κ3) is 3.48. The van der Waals surface area contributed by atoms with Crippen molar-refractivity contribution in [3.8, 4) is 0 Å². The van der Waals surface area contributed by atoms with Crippen LogP contribution in [0.2, 0.25) is 0 Å². The Morgan fingerprint density at radius 1 is 1.11 bits per heavy atom. The van der Waals surface area contributed by atoms with E-state index in [4.69, 9.17) is 4.99 Å². The van der Waals surface area contributed by atoms with Gasteiger partial charge in [0.25, 0.3) is 0 Å². The van der Waals surface area contributed by atoms with E-state index in [-0.39, 0.29) is 0 Å². The fourth-order valence-corrected chi connectivity index (χ4v) is 5.11. The lowest BCUT2D eigenvalue weighted by Crippen LogP contribution is -2.46. The molecule has 3 rings (SSSR count). The number of amidine groups is 1. The molecule has 4 unspecified atom stereocenters. The maximum Gasteiger partial charge on any atom is 0.156 e. The van der Waals surface area contributed by atoms with Crippen molar-refractivity contribution in [1.82, 2.24) is 5.32 Å². The van der Waals surface area contributed by atoms with Crippen molar-refractivity contribution in [3.05, 3.63) is 0 Å². The largest absolute Gasteiger partial charge is 0.362 e. The summed E-state index contributed by atoms with van der Waals surface area (Å²) in [6.07, 6.45) is 11.3. The fraction of sp³-hybridized carbons (Fsp3) is 0.938. The van der Waals surface area contributed by atoms with Crippen LogP contribution in [0.15, 0.2) is 4.99 Å². The van der Waals surface area contributed by atoms with E-state index in [1.165, 1.54) is 62.3 Å². The molecule has 0 aromatic carbocycles. The van der Waals surface area contributed by atoms with E-state index >= 15 is 0 Å². The Kier molecular flexibility index (Phi) is 4.73. The molecule has 0 aromatic rings. The summed E-state index contributed by atoms with van der Waals surface area (Å²) in [6, 6.07) is 0.734. The molecule has 1 saturated heterocycles. The highest BCUT2D eigenvalue weighted by Gasteiger charge is 2.30. The van der Waals surface area contributed by atoms with Crippen LogP contribution in [0.25, 0.3) is 0 Å². The predicted octanol–water partition coefficient (Wildman–Crippen LogP) is 4.06. The average Bonchev–Trinajstić information content (AvgIpc) is 2.46. The van der Waals surface area contributed by atoms with Crippen molar-refractivity contribution in [3.63, 3.8) is 0 Å². The minimum atomic E-state index is 0.734. The molecule has 0 aromatic heterocycles. The van der Waals surface area contributed by atoms with Gasteiger partial charge in [0.05, 0.1) is 0 Å². The predicted molar refractivity (Wildman–Crippen MR) is 84.8 cm³/mol. The topological polar surface area (TPSA) is 24.4 Å². The molecule has 3 aliphatic rings. The van der Waals surface area contributed by atoms with Crippen molar-refractivity contribution < 1.29 is 0 Å². The molecule has 0 radical (unpaired) electrons. The zero-order valence-electron chi connectivity index (χ0n) is 12.2. The molecule has 3 fully saturated rings. The van der Waals surface area contributed by atoms with Gasteiger partial charge in [-0.15, -0.1) is 0 Å². The monoisotopic (exact) mass is 280 g/mol. The lowest BCUT2D eigenvalue weighted by molar-refractivity contribution is 0.263. The molecule has 0 spiro atoms. The number of nitrogens with one attached hydrogen (secondary N) is 1. The summed E-state index contributed by atoms with van der Waals surface area (Å²) in [5, 5.41) is 4.97. The number of nitrogens with zero attached hydrogens (tertiary/aromatic N) is 1. The van der Waals surface area contributed by atoms with Gasteiger partial charge >= 0.3 is 0 Å². The molecule has 0 bridgehead atoms. The highest BCUT2D eigenvalue weighted by Crippen LogP contribution is 2.33. The summed E-state index contributed by atoms with van der Waals surface area (Å²) >= 11 is 1.98. The number of fused-ring (bicyclic) bond motifs is 1. The van der Waals surface area contributed by atoms with E-state index in [0.29, 0.717) is 0 Å². The minimum absolute atomic E-state index is 0.734. The molecule has 2 aliphatic carbocycles. The quantitative estimate of drug-likeness (QED) is 0.825. The minimum Gasteiger partial charge on any atom is -0.362 e. The van der Waals surface area contributed by atoms with Crippen molar-refractivity contribution >= 4 is 16.9 Å². The van der Waals surface area contributed by atoms with Crippen LogP contribution in [0, 0.1) is 17.8 Å². The van der Waals surface area contributed by atoms with Crippen LogP contribution in [-0.2, 0) is 0 Å². The van der Waals surface area contributed by atoms with E-state index in [9.17, 15) is 0 Å². The molecule has 19 heavy (non-hydrogen) atoms. The van der Waals surface area contributed by atoms with Crippen molar-refractivity contribution in [2.75, 3.05) is 12.3 Å². The number of rotatable bonds is 2. The van der Waals surface area contributed by atoms with Crippen LogP contribution in [0.1, 0.15) is 58.3 Å². The molecule has 2 saturated carbocycles. The summed E-state index contributed by atoms with van der Waals surface area (Å²) in [7, 11) is 0. The summed E-state index contributed by atoms with van der Waals surface area (Å²) in [4.78, 5) is 4.92. The fourth-order valence-electron chi connectivity index (χ4n) is 3.94. The van der Waals surface area contributed by atoms with E-state index in [1.54, 1.807) is 0 Å². The van der Waals surface area contributed by atoms with Gasteiger partial charge in [0.2, 0.25) is 0 Å². The Morgan fingerprint density at radius 2 is 1.89 bits per heavy atom. The molecule has 4 atom stereocenters. The normalized spacial score (nSPS) is 41.6. The number of hydrogen-bond donors (Lipinski definition) is 1. The molecule has 3 heteroatoms. The van der Waals surface area contributed by atoms with Gasteiger partial charge in [-0.25, -0.2) is 0 Å². The molecule has 1 heterocycles. The van der Waals surface area contributed by atoms with Gasteiger partial charge in [-0.05, 0) is 37.0 Å².